The first-order chi connectivity index (χ1) is 20.1. The van der Waals surface area contributed by atoms with E-state index in [0.717, 1.165) is 6.07 Å². The van der Waals surface area contributed by atoms with E-state index in [4.69, 9.17) is 11.6 Å². The Balaban J connectivity index is 1.67. The van der Waals surface area contributed by atoms with Gasteiger partial charge in [-0.15, -0.1) is 0 Å². The highest BCUT2D eigenvalue weighted by Gasteiger charge is 2.74. The lowest BCUT2D eigenvalue weighted by Gasteiger charge is -2.45. The molecule has 2 atom stereocenters. The standard InChI is InChI=1S/C28H27ClF7NO5S2/c1-24(11-14-43(39,40)15-12-24)23(38)37-13-10-25(44(41,42)20-6-4-19(29)5-7-20)21-8-3-18(16-17(21)2-9-22(25)37)26(30,27(31,32)33)28(34,35)36/h3-8,16,22H,2,9-15H2,1H3. The Morgan fingerprint density at radius 1 is 0.932 bits per heavy atom. The third-order valence-corrected chi connectivity index (χ3v) is 13.8. The summed E-state index contributed by atoms with van der Waals surface area (Å²) in [4.78, 5) is 15.1. The largest absolute Gasteiger partial charge is 0.435 e. The van der Waals surface area contributed by atoms with Crippen LogP contribution in [0.15, 0.2) is 47.4 Å². The van der Waals surface area contributed by atoms with E-state index in [9.17, 15) is 48.0 Å². The van der Waals surface area contributed by atoms with Crippen LogP contribution >= 0.6 is 11.6 Å². The number of fused-ring (bicyclic) bond motifs is 3. The minimum absolute atomic E-state index is 0.00172. The van der Waals surface area contributed by atoms with Crippen molar-refractivity contribution in [3.8, 4) is 0 Å². The maximum absolute atomic E-state index is 15.0. The van der Waals surface area contributed by atoms with Gasteiger partial charge in [-0.1, -0.05) is 36.7 Å². The summed E-state index contributed by atoms with van der Waals surface area (Å²) in [7, 11) is -7.87. The molecular weight excluding hydrogens is 663 g/mol. The van der Waals surface area contributed by atoms with Gasteiger partial charge in [-0.3, -0.25) is 4.79 Å². The van der Waals surface area contributed by atoms with Crippen LogP contribution in [0.3, 0.4) is 0 Å². The molecule has 16 heteroatoms. The van der Waals surface area contributed by atoms with Gasteiger partial charge >= 0.3 is 18.0 Å². The average molecular weight is 690 g/mol. The van der Waals surface area contributed by atoms with E-state index in [1.54, 1.807) is 6.92 Å². The van der Waals surface area contributed by atoms with Gasteiger partial charge in [0.1, 0.15) is 14.6 Å². The summed E-state index contributed by atoms with van der Waals surface area (Å²) in [6, 6.07) is 5.45. The number of rotatable bonds is 4. The van der Waals surface area contributed by atoms with Gasteiger partial charge in [0.25, 0.3) is 0 Å². The lowest BCUT2D eigenvalue weighted by molar-refractivity contribution is -0.348. The highest BCUT2D eigenvalue weighted by atomic mass is 35.5. The van der Waals surface area contributed by atoms with Crippen LogP contribution in [-0.2, 0) is 41.3 Å². The second kappa shape index (κ2) is 10.3. The average Bonchev–Trinajstić information content (AvgIpc) is 3.34. The molecule has 3 aliphatic rings. The summed E-state index contributed by atoms with van der Waals surface area (Å²) < 4.78 is 147. The molecule has 0 radical (unpaired) electrons. The van der Waals surface area contributed by atoms with Gasteiger partial charge < -0.3 is 4.90 Å². The van der Waals surface area contributed by atoms with E-state index >= 15 is 4.39 Å². The first-order valence-corrected chi connectivity index (χ1v) is 17.3. The molecule has 2 aromatic rings. The van der Waals surface area contributed by atoms with Crippen molar-refractivity contribution in [1.82, 2.24) is 4.90 Å². The van der Waals surface area contributed by atoms with E-state index in [0.29, 0.717) is 12.1 Å². The van der Waals surface area contributed by atoms with Crippen LogP contribution in [0.5, 0.6) is 0 Å². The molecule has 242 valence electrons. The number of sulfone groups is 2. The highest BCUT2D eigenvalue weighted by molar-refractivity contribution is 7.92. The van der Waals surface area contributed by atoms with Crippen molar-refractivity contribution in [3.05, 3.63) is 64.2 Å². The second-order valence-corrected chi connectivity index (χ2v) is 16.8. The zero-order chi connectivity index (χ0) is 32.7. The molecule has 2 heterocycles. The SMILES string of the molecule is CC1(C(=O)N2CCC3(S(=O)(=O)c4ccc(Cl)cc4)c4ccc(C(F)(C(F)(F)F)C(F)(F)F)cc4CCC23)CCS(=O)(=O)CC1. The quantitative estimate of drug-likeness (QED) is 0.365. The summed E-state index contributed by atoms with van der Waals surface area (Å²) in [6.07, 6.45) is -13.4. The van der Waals surface area contributed by atoms with E-state index in [1.165, 1.54) is 29.2 Å². The number of carbonyl (C=O) groups excluding carboxylic acids is 1. The van der Waals surface area contributed by atoms with Gasteiger partial charge in [0.2, 0.25) is 5.91 Å². The minimum Gasteiger partial charge on any atom is -0.337 e. The Morgan fingerprint density at radius 3 is 2.05 bits per heavy atom. The molecule has 0 spiro atoms. The summed E-state index contributed by atoms with van der Waals surface area (Å²) >= 11 is 5.95. The maximum Gasteiger partial charge on any atom is 0.435 e. The van der Waals surface area contributed by atoms with Crippen molar-refractivity contribution in [3.63, 3.8) is 0 Å². The molecule has 2 fully saturated rings. The van der Waals surface area contributed by atoms with Gasteiger partial charge in [-0.25, -0.2) is 21.2 Å². The summed E-state index contributed by atoms with van der Waals surface area (Å²) in [6.45, 7) is 1.47. The van der Waals surface area contributed by atoms with E-state index < -0.39 is 65.4 Å². The minimum atomic E-state index is -6.36. The zero-order valence-corrected chi connectivity index (χ0v) is 25.5. The van der Waals surface area contributed by atoms with Crippen molar-refractivity contribution in [2.24, 2.45) is 5.41 Å². The maximum atomic E-state index is 15.0. The van der Waals surface area contributed by atoms with Gasteiger partial charge in [0, 0.05) is 22.5 Å². The zero-order valence-electron chi connectivity index (χ0n) is 23.1. The van der Waals surface area contributed by atoms with Crippen molar-refractivity contribution in [2.45, 2.75) is 72.7 Å². The number of benzene rings is 2. The Bertz CT molecular complexity index is 1680. The smallest absolute Gasteiger partial charge is 0.337 e. The number of likely N-dealkylation sites (tertiary alicyclic amines) is 1. The summed E-state index contributed by atoms with van der Waals surface area (Å²) in [5.74, 6) is -0.962. The van der Waals surface area contributed by atoms with Crippen molar-refractivity contribution in [2.75, 3.05) is 18.1 Å². The van der Waals surface area contributed by atoms with Crippen LogP contribution in [0.2, 0.25) is 5.02 Å². The Labute approximate surface area is 254 Å². The highest BCUT2D eigenvalue weighted by Crippen LogP contribution is 2.57. The van der Waals surface area contributed by atoms with Crippen LogP contribution < -0.4 is 0 Å². The number of carbonyl (C=O) groups is 1. The fourth-order valence-electron chi connectivity index (χ4n) is 6.85. The van der Waals surface area contributed by atoms with Crippen LogP contribution in [0.25, 0.3) is 0 Å². The lowest BCUT2D eigenvalue weighted by atomic mass is 9.76. The number of alkyl halides is 7. The molecular formula is C28H27ClF7NO5S2. The monoisotopic (exact) mass is 689 g/mol. The van der Waals surface area contributed by atoms with Gasteiger partial charge in [0.15, 0.2) is 9.84 Å². The van der Waals surface area contributed by atoms with E-state index in [-0.39, 0.29) is 71.2 Å². The fraction of sp³-hybridized carbons (Fsp3) is 0.536. The van der Waals surface area contributed by atoms with Gasteiger partial charge in [-0.05, 0) is 67.5 Å². The molecule has 1 amide bonds. The first-order valence-electron chi connectivity index (χ1n) is 13.6. The summed E-state index contributed by atoms with van der Waals surface area (Å²) in [5.41, 5.74) is -8.90. The molecule has 5 rings (SSSR count). The number of halogens is 8. The van der Waals surface area contributed by atoms with Gasteiger partial charge in [-0.2, -0.15) is 26.3 Å². The first kappa shape index (κ1) is 33.0. The van der Waals surface area contributed by atoms with Crippen LogP contribution in [0, 0.1) is 5.41 Å². The Hall–Kier alpha value is -2.39. The molecule has 1 aliphatic carbocycles. The summed E-state index contributed by atoms with van der Waals surface area (Å²) in [5, 5.41) is 0.202. The lowest BCUT2D eigenvalue weighted by Crippen LogP contribution is -2.55. The predicted molar refractivity (Wildman–Crippen MR) is 146 cm³/mol. The van der Waals surface area contributed by atoms with Crippen LogP contribution in [0.4, 0.5) is 30.7 Å². The Morgan fingerprint density at radius 2 is 1.50 bits per heavy atom. The van der Waals surface area contributed by atoms with Crippen LogP contribution in [0.1, 0.15) is 49.3 Å². The molecule has 2 aliphatic heterocycles. The fourth-order valence-corrected chi connectivity index (χ4v) is 11.1. The Kier molecular flexibility index (Phi) is 7.73. The molecule has 0 aromatic heterocycles. The topological polar surface area (TPSA) is 88.6 Å². The van der Waals surface area contributed by atoms with Crippen molar-refractivity contribution in [1.29, 1.82) is 0 Å². The molecule has 2 saturated heterocycles. The molecule has 0 bridgehead atoms. The van der Waals surface area contributed by atoms with Crippen LogP contribution in [-0.4, -0.2) is 64.1 Å². The third-order valence-electron chi connectivity index (χ3n) is 9.38. The number of hydrogen-bond acceptors (Lipinski definition) is 5. The van der Waals surface area contributed by atoms with E-state index in [1.807, 2.05) is 0 Å². The predicted octanol–water partition coefficient (Wildman–Crippen LogP) is 6.06. The molecule has 2 unspecified atom stereocenters. The number of nitrogens with zero attached hydrogens (tertiary/aromatic N) is 1. The van der Waals surface area contributed by atoms with Crippen molar-refractivity contribution < 1.29 is 52.4 Å². The van der Waals surface area contributed by atoms with Crippen molar-refractivity contribution >= 4 is 37.2 Å². The van der Waals surface area contributed by atoms with Gasteiger partial charge in [0.05, 0.1) is 22.4 Å². The number of aryl methyl sites for hydroxylation is 1. The number of amides is 1. The molecule has 2 aromatic carbocycles. The second-order valence-electron chi connectivity index (χ2n) is 11.9. The number of hydrogen-bond donors (Lipinski definition) is 0. The third kappa shape index (κ3) is 4.83. The van der Waals surface area contributed by atoms with E-state index in [2.05, 4.69) is 0 Å². The normalized spacial score (nSPS) is 25.3. The molecule has 0 N–H and O–H groups in total. The molecule has 0 saturated carbocycles. The molecule has 44 heavy (non-hydrogen) atoms. The molecule has 6 nitrogen and oxygen atoms in total.